The number of nitrogens with one attached hydrogen (secondary N) is 1. The molecule has 0 spiro atoms. The molecule has 0 aliphatic heterocycles. The highest BCUT2D eigenvalue weighted by Gasteiger charge is 2.10. The van der Waals surface area contributed by atoms with Crippen LogP contribution >= 0.6 is 11.8 Å². The van der Waals surface area contributed by atoms with Crippen molar-refractivity contribution < 1.29 is 4.79 Å². The van der Waals surface area contributed by atoms with Crippen molar-refractivity contribution in [3.63, 3.8) is 0 Å². The summed E-state index contributed by atoms with van der Waals surface area (Å²) in [6.07, 6.45) is 0. The van der Waals surface area contributed by atoms with Crippen LogP contribution in [-0.2, 0) is 4.79 Å². The largest absolute Gasteiger partial charge is 0.303 e. The molecule has 0 rings (SSSR count). The number of rotatable bonds is 8. The van der Waals surface area contributed by atoms with E-state index in [1.165, 1.54) is 0 Å². The number of carbonyl (C=O) groups is 1. The molecule has 1 atom stereocenters. The molecule has 4 nitrogen and oxygen atoms in total. The molecule has 90 valence electrons. The predicted molar refractivity (Wildman–Crippen MR) is 66.6 cm³/mol. The molecular formula is C10H23N3OS. The molecule has 0 aliphatic rings. The molecule has 0 fully saturated rings. The third-order valence-electron chi connectivity index (χ3n) is 2.40. The molecular weight excluding hydrogens is 210 g/mol. The Morgan fingerprint density at radius 1 is 1.47 bits per heavy atom. The summed E-state index contributed by atoms with van der Waals surface area (Å²) in [5.41, 5.74) is 2.17. The van der Waals surface area contributed by atoms with Crippen LogP contribution in [0.1, 0.15) is 20.8 Å². The van der Waals surface area contributed by atoms with Gasteiger partial charge in [-0.3, -0.25) is 10.2 Å². The number of amides is 1. The summed E-state index contributed by atoms with van der Waals surface area (Å²) in [4.78, 5) is 13.5. The molecule has 0 aliphatic carbocycles. The summed E-state index contributed by atoms with van der Waals surface area (Å²) in [5.74, 6) is 6.88. The fourth-order valence-corrected chi connectivity index (χ4v) is 2.27. The van der Waals surface area contributed by atoms with Gasteiger partial charge < -0.3 is 4.90 Å². The van der Waals surface area contributed by atoms with E-state index in [1.807, 2.05) is 6.92 Å². The maximum atomic E-state index is 11.1. The van der Waals surface area contributed by atoms with Crippen LogP contribution in [0.2, 0.25) is 0 Å². The molecule has 0 aromatic heterocycles. The molecule has 1 unspecified atom stereocenters. The second-order valence-electron chi connectivity index (χ2n) is 3.51. The first-order chi connectivity index (χ1) is 7.15. The van der Waals surface area contributed by atoms with Crippen LogP contribution in [0.15, 0.2) is 0 Å². The van der Waals surface area contributed by atoms with Gasteiger partial charge in [0.05, 0.1) is 0 Å². The van der Waals surface area contributed by atoms with Crippen molar-refractivity contribution in [2.24, 2.45) is 11.8 Å². The van der Waals surface area contributed by atoms with Crippen molar-refractivity contribution in [3.05, 3.63) is 0 Å². The van der Waals surface area contributed by atoms with Gasteiger partial charge in [-0.15, -0.1) is 0 Å². The van der Waals surface area contributed by atoms with Gasteiger partial charge in [-0.1, -0.05) is 20.8 Å². The maximum Gasteiger partial charge on any atom is 0.237 e. The third kappa shape index (κ3) is 6.76. The van der Waals surface area contributed by atoms with Crippen molar-refractivity contribution in [3.8, 4) is 0 Å². The van der Waals surface area contributed by atoms with Gasteiger partial charge >= 0.3 is 0 Å². The molecule has 5 heteroatoms. The number of hydrazine groups is 1. The SMILES string of the molecule is CCN(CC)CCSCC(C)C(=O)NN. The average molecular weight is 233 g/mol. The Hall–Kier alpha value is -0.260. The summed E-state index contributed by atoms with van der Waals surface area (Å²) in [5, 5.41) is 0. The van der Waals surface area contributed by atoms with E-state index in [0.29, 0.717) is 0 Å². The van der Waals surface area contributed by atoms with Crippen LogP contribution in [-0.4, -0.2) is 41.9 Å². The van der Waals surface area contributed by atoms with Gasteiger partial charge in [-0.2, -0.15) is 11.8 Å². The van der Waals surface area contributed by atoms with Crippen molar-refractivity contribution in [1.29, 1.82) is 0 Å². The summed E-state index contributed by atoms with van der Waals surface area (Å²) in [7, 11) is 0. The van der Waals surface area contributed by atoms with Crippen molar-refractivity contribution >= 4 is 17.7 Å². The van der Waals surface area contributed by atoms with Crippen LogP contribution in [0.5, 0.6) is 0 Å². The van der Waals surface area contributed by atoms with Crippen LogP contribution in [0.4, 0.5) is 0 Å². The lowest BCUT2D eigenvalue weighted by Gasteiger charge is -2.17. The zero-order chi connectivity index (χ0) is 11.7. The third-order valence-corrected chi connectivity index (χ3v) is 3.61. The highest BCUT2D eigenvalue weighted by molar-refractivity contribution is 7.99. The smallest absolute Gasteiger partial charge is 0.237 e. The fourth-order valence-electron chi connectivity index (χ4n) is 1.21. The minimum Gasteiger partial charge on any atom is -0.303 e. The van der Waals surface area contributed by atoms with E-state index in [-0.39, 0.29) is 11.8 Å². The normalized spacial score (nSPS) is 12.9. The van der Waals surface area contributed by atoms with Crippen LogP contribution in [0.25, 0.3) is 0 Å². The zero-order valence-corrected chi connectivity index (χ0v) is 10.8. The second-order valence-corrected chi connectivity index (χ2v) is 4.66. The van der Waals surface area contributed by atoms with Crippen molar-refractivity contribution in [2.45, 2.75) is 20.8 Å². The Morgan fingerprint density at radius 3 is 2.53 bits per heavy atom. The van der Waals surface area contributed by atoms with Crippen molar-refractivity contribution in [2.75, 3.05) is 31.1 Å². The lowest BCUT2D eigenvalue weighted by atomic mass is 10.2. The van der Waals surface area contributed by atoms with E-state index in [0.717, 1.165) is 31.1 Å². The van der Waals surface area contributed by atoms with Crippen LogP contribution in [0, 0.1) is 5.92 Å². The molecule has 0 aromatic rings. The van der Waals surface area contributed by atoms with Gasteiger partial charge in [0.25, 0.3) is 0 Å². The molecule has 0 bridgehead atoms. The second kappa shape index (κ2) is 9.00. The number of thioether (sulfide) groups is 1. The number of nitrogens with two attached hydrogens (primary N) is 1. The highest BCUT2D eigenvalue weighted by Crippen LogP contribution is 2.08. The lowest BCUT2D eigenvalue weighted by Crippen LogP contribution is -2.35. The van der Waals surface area contributed by atoms with Gasteiger partial charge in [0.15, 0.2) is 0 Å². The number of nitrogens with zero attached hydrogens (tertiary/aromatic N) is 1. The molecule has 15 heavy (non-hydrogen) atoms. The molecule has 1 amide bonds. The van der Waals surface area contributed by atoms with Crippen LogP contribution < -0.4 is 11.3 Å². The Morgan fingerprint density at radius 2 is 2.07 bits per heavy atom. The van der Waals surface area contributed by atoms with E-state index in [9.17, 15) is 4.79 Å². The Kier molecular flexibility index (Phi) is 8.85. The van der Waals surface area contributed by atoms with E-state index in [2.05, 4.69) is 24.2 Å². The Balaban J connectivity index is 3.49. The molecule has 0 radical (unpaired) electrons. The topological polar surface area (TPSA) is 58.4 Å². The fraction of sp³-hybridized carbons (Fsp3) is 0.900. The van der Waals surface area contributed by atoms with Crippen molar-refractivity contribution in [1.82, 2.24) is 10.3 Å². The highest BCUT2D eigenvalue weighted by atomic mass is 32.2. The van der Waals surface area contributed by atoms with Gasteiger partial charge in [0, 0.05) is 24.0 Å². The standard InChI is InChI=1S/C10H23N3OS/c1-4-13(5-2)6-7-15-8-9(3)10(14)12-11/h9H,4-8,11H2,1-3H3,(H,12,14). The Labute approximate surface area is 96.9 Å². The molecule has 0 aromatic carbocycles. The Bertz CT molecular complexity index is 174. The predicted octanol–water partition coefficient (Wildman–Crippen LogP) is 0.687. The maximum absolute atomic E-state index is 11.1. The summed E-state index contributed by atoms with van der Waals surface area (Å²) in [6, 6.07) is 0. The van der Waals surface area contributed by atoms with E-state index in [1.54, 1.807) is 11.8 Å². The zero-order valence-electron chi connectivity index (χ0n) is 9.95. The molecule has 0 saturated heterocycles. The average Bonchev–Trinajstić information content (AvgIpc) is 2.27. The summed E-state index contributed by atoms with van der Waals surface area (Å²) >= 11 is 1.81. The quantitative estimate of drug-likeness (QED) is 0.280. The van der Waals surface area contributed by atoms with E-state index in [4.69, 9.17) is 5.84 Å². The van der Waals surface area contributed by atoms with Gasteiger partial charge in [0.1, 0.15) is 0 Å². The number of hydrogen-bond acceptors (Lipinski definition) is 4. The summed E-state index contributed by atoms with van der Waals surface area (Å²) < 4.78 is 0. The monoisotopic (exact) mass is 233 g/mol. The first-order valence-corrected chi connectivity index (χ1v) is 6.61. The van der Waals surface area contributed by atoms with E-state index < -0.39 is 0 Å². The van der Waals surface area contributed by atoms with Crippen LogP contribution in [0.3, 0.4) is 0 Å². The molecule has 3 N–H and O–H groups in total. The first-order valence-electron chi connectivity index (χ1n) is 5.46. The van der Waals surface area contributed by atoms with E-state index >= 15 is 0 Å². The molecule has 0 saturated carbocycles. The summed E-state index contributed by atoms with van der Waals surface area (Å²) in [6.45, 7) is 9.50. The van der Waals surface area contributed by atoms with Gasteiger partial charge in [0.2, 0.25) is 5.91 Å². The minimum absolute atomic E-state index is 0.00305. The minimum atomic E-state index is -0.0784. The lowest BCUT2D eigenvalue weighted by molar-refractivity contribution is -0.123. The van der Waals surface area contributed by atoms with Gasteiger partial charge in [-0.25, -0.2) is 5.84 Å². The van der Waals surface area contributed by atoms with Gasteiger partial charge in [-0.05, 0) is 13.1 Å². The first kappa shape index (κ1) is 14.7. The molecule has 0 heterocycles. The number of hydrogen-bond donors (Lipinski definition) is 2. The number of carbonyl (C=O) groups excluding carboxylic acids is 1.